The Morgan fingerprint density at radius 1 is 1.29 bits per heavy atom. The third-order valence-electron chi connectivity index (χ3n) is 6.04. The fraction of sp³-hybridized carbons (Fsp3) is 0.500. The molecular weight excluding hydrogens is 430 g/mol. The van der Waals surface area contributed by atoms with Crippen molar-refractivity contribution in [3.05, 3.63) is 41.2 Å². The first-order valence-corrected chi connectivity index (χ1v) is 11.6. The summed E-state index contributed by atoms with van der Waals surface area (Å²) in [7, 11) is -4.08. The van der Waals surface area contributed by atoms with Gasteiger partial charge in [-0.2, -0.15) is 0 Å². The van der Waals surface area contributed by atoms with Gasteiger partial charge in [0.25, 0.3) is 15.9 Å². The molecule has 2 aliphatic heterocycles. The van der Waals surface area contributed by atoms with Crippen LogP contribution < -0.4 is 10.0 Å². The Hall–Kier alpha value is -2.37. The maximum absolute atomic E-state index is 13.8. The van der Waals surface area contributed by atoms with Gasteiger partial charge in [-0.1, -0.05) is 0 Å². The zero-order valence-corrected chi connectivity index (χ0v) is 17.8. The molecule has 8 nitrogen and oxygen atoms in total. The van der Waals surface area contributed by atoms with Crippen LogP contribution in [0.1, 0.15) is 32.6 Å². The highest BCUT2D eigenvalue weighted by molar-refractivity contribution is 7.89. The summed E-state index contributed by atoms with van der Waals surface area (Å²) in [5.74, 6) is -3.70. The monoisotopic (exact) mass is 454 g/mol. The van der Waals surface area contributed by atoms with E-state index in [0.29, 0.717) is 5.69 Å². The minimum Gasteiger partial charge on any atom is -0.478 e. The number of likely N-dealkylation sites (tertiary alicyclic amines) is 1. The van der Waals surface area contributed by atoms with Crippen molar-refractivity contribution >= 4 is 21.7 Å². The first kappa shape index (κ1) is 21.8. The number of aliphatic carboxylic acids is 1. The highest BCUT2D eigenvalue weighted by Crippen LogP contribution is 2.45. The molecule has 1 saturated carbocycles. The number of rotatable bonds is 5. The van der Waals surface area contributed by atoms with Crippen molar-refractivity contribution in [2.75, 3.05) is 18.0 Å². The number of nitrogens with zero attached hydrogens (tertiary/aromatic N) is 3. The summed E-state index contributed by atoms with van der Waals surface area (Å²) in [6.07, 6.45) is 3.21. The normalized spacial score (nSPS) is 24.8. The van der Waals surface area contributed by atoms with Gasteiger partial charge in [0, 0.05) is 49.6 Å². The van der Waals surface area contributed by atoms with E-state index in [-0.39, 0.29) is 42.4 Å². The summed E-state index contributed by atoms with van der Waals surface area (Å²) in [5, 5.41) is 14.9. The van der Waals surface area contributed by atoms with E-state index >= 15 is 0 Å². The van der Waals surface area contributed by atoms with Gasteiger partial charge in [-0.25, -0.2) is 32.1 Å². The predicted octanol–water partition coefficient (Wildman–Crippen LogP) is 2.30. The largest absolute Gasteiger partial charge is 0.478 e. The van der Waals surface area contributed by atoms with Crippen molar-refractivity contribution in [3.8, 4) is 0 Å². The lowest BCUT2D eigenvalue weighted by molar-refractivity contribution is -0.133. The zero-order chi connectivity index (χ0) is 22.6. The van der Waals surface area contributed by atoms with Crippen LogP contribution in [0.15, 0.2) is 46.3 Å². The number of anilines is 1. The number of aromatic nitrogens is 1. The number of hydrogen-bond acceptors (Lipinski definition) is 6. The van der Waals surface area contributed by atoms with Gasteiger partial charge in [0.05, 0.1) is 5.57 Å². The number of nitrogens with two attached hydrogens (primary N) is 1. The van der Waals surface area contributed by atoms with Gasteiger partial charge in [-0.3, -0.25) is 4.90 Å². The molecule has 3 N–H and O–H groups in total. The Labute approximate surface area is 179 Å². The summed E-state index contributed by atoms with van der Waals surface area (Å²) >= 11 is 0. The van der Waals surface area contributed by atoms with Crippen LogP contribution in [0.5, 0.6) is 0 Å². The molecule has 11 heteroatoms. The fourth-order valence-corrected chi connectivity index (χ4v) is 4.78. The van der Waals surface area contributed by atoms with Crippen LogP contribution in [-0.2, 0) is 14.8 Å². The van der Waals surface area contributed by atoms with E-state index in [9.17, 15) is 27.1 Å². The first-order valence-electron chi connectivity index (χ1n) is 10.0. The van der Waals surface area contributed by atoms with Gasteiger partial charge in [-0.05, 0) is 43.4 Å². The van der Waals surface area contributed by atoms with E-state index in [4.69, 9.17) is 5.14 Å². The number of carbonyl (C=O) groups is 1. The number of piperidine rings is 1. The number of allylic oxidation sites excluding steroid dienone is 3. The van der Waals surface area contributed by atoms with Crippen LogP contribution in [-0.4, -0.2) is 54.6 Å². The maximum Gasteiger partial charge on any atom is 0.335 e. The second-order valence-electron chi connectivity index (χ2n) is 8.25. The molecule has 4 rings (SSSR count). The van der Waals surface area contributed by atoms with E-state index in [1.54, 1.807) is 21.9 Å². The molecule has 0 radical (unpaired) electrons. The number of pyridine rings is 1. The molecular formula is C20H24F2N4O4S. The fourth-order valence-electron chi connectivity index (χ4n) is 4.28. The molecule has 0 amide bonds. The standard InChI is InChI=1S/C20H24F2N4O4S/c1-12-15(13-2-3-13)11-16(19(27)28)18(25-8-5-20(21,22)6-9-25)26(12)14-4-7-24-17(10-14)31(23,29)30/h4,7,10-11,13,18H,2-3,5-6,8-9H2,1H3,(H,27,28)(H2,23,29,30). The average molecular weight is 454 g/mol. The second kappa shape index (κ2) is 7.64. The Kier molecular flexibility index (Phi) is 5.39. The highest BCUT2D eigenvalue weighted by atomic mass is 32.2. The number of alkyl halides is 2. The molecule has 1 atom stereocenters. The summed E-state index contributed by atoms with van der Waals surface area (Å²) < 4.78 is 51.3. The van der Waals surface area contributed by atoms with Crippen LogP contribution >= 0.6 is 0 Å². The molecule has 168 valence electrons. The van der Waals surface area contributed by atoms with Gasteiger partial charge in [0.15, 0.2) is 5.03 Å². The van der Waals surface area contributed by atoms with Crippen molar-refractivity contribution in [1.29, 1.82) is 0 Å². The number of halogens is 2. The number of hydrogen-bond donors (Lipinski definition) is 2. The lowest BCUT2D eigenvalue weighted by Crippen LogP contribution is -2.55. The van der Waals surface area contributed by atoms with Crippen LogP contribution in [0.3, 0.4) is 0 Å². The van der Waals surface area contributed by atoms with E-state index < -0.39 is 28.1 Å². The molecule has 3 aliphatic rings. The summed E-state index contributed by atoms with van der Waals surface area (Å²) in [6, 6.07) is 2.86. The van der Waals surface area contributed by atoms with Gasteiger partial charge in [-0.15, -0.1) is 0 Å². The Morgan fingerprint density at radius 2 is 1.94 bits per heavy atom. The lowest BCUT2D eigenvalue weighted by atomic mass is 9.94. The number of primary sulfonamides is 1. The molecule has 1 unspecified atom stereocenters. The van der Waals surface area contributed by atoms with Crippen molar-refractivity contribution < 1.29 is 27.1 Å². The summed E-state index contributed by atoms with van der Waals surface area (Å²) in [5.41, 5.74) is 2.10. The smallest absolute Gasteiger partial charge is 0.335 e. The molecule has 0 spiro atoms. The third-order valence-corrected chi connectivity index (χ3v) is 6.85. The van der Waals surface area contributed by atoms with E-state index in [2.05, 4.69) is 4.98 Å². The lowest BCUT2D eigenvalue weighted by Gasteiger charge is -2.46. The van der Waals surface area contributed by atoms with Crippen molar-refractivity contribution in [2.24, 2.45) is 11.1 Å². The molecule has 1 aliphatic carbocycles. The van der Waals surface area contributed by atoms with Crippen LogP contribution in [0.2, 0.25) is 0 Å². The van der Waals surface area contributed by atoms with Crippen LogP contribution in [0.4, 0.5) is 14.5 Å². The molecule has 2 fully saturated rings. The third kappa shape index (κ3) is 4.35. The van der Waals surface area contributed by atoms with Gasteiger partial charge >= 0.3 is 5.97 Å². The molecule has 31 heavy (non-hydrogen) atoms. The summed E-state index contributed by atoms with van der Waals surface area (Å²) in [6.45, 7) is 1.86. The molecule has 1 aromatic heterocycles. The number of carboxylic acid groups (broad SMARTS) is 1. The van der Waals surface area contributed by atoms with Gasteiger partial charge < -0.3 is 10.0 Å². The Morgan fingerprint density at radius 3 is 2.48 bits per heavy atom. The minimum atomic E-state index is -4.08. The quantitative estimate of drug-likeness (QED) is 0.701. The number of sulfonamides is 1. The Bertz CT molecular complexity index is 1070. The maximum atomic E-state index is 13.8. The van der Waals surface area contributed by atoms with Gasteiger partial charge in [0.1, 0.15) is 6.17 Å². The van der Waals surface area contributed by atoms with E-state index in [1.807, 2.05) is 6.92 Å². The topological polar surface area (TPSA) is 117 Å². The highest BCUT2D eigenvalue weighted by Gasteiger charge is 2.44. The van der Waals surface area contributed by atoms with E-state index in [0.717, 1.165) is 24.1 Å². The van der Waals surface area contributed by atoms with Crippen molar-refractivity contribution in [1.82, 2.24) is 9.88 Å². The van der Waals surface area contributed by atoms with Gasteiger partial charge in [0.2, 0.25) is 0 Å². The SMILES string of the molecule is CC1=C(C2CC2)C=C(C(=O)O)C(N2CCC(F)(F)CC2)N1c1ccnc(S(N)(=O)=O)c1. The molecule has 1 aromatic rings. The average Bonchev–Trinajstić information content (AvgIpc) is 3.52. The van der Waals surface area contributed by atoms with Crippen molar-refractivity contribution in [3.63, 3.8) is 0 Å². The molecule has 0 bridgehead atoms. The number of carboxylic acids is 1. The van der Waals surface area contributed by atoms with E-state index in [1.165, 1.54) is 12.3 Å². The summed E-state index contributed by atoms with van der Waals surface area (Å²) in [4.78, 5) is 19.4. The molecule has 3 heterocycles. The van der Waals surface area contributed by atoms with Crippen LogP contribution in [0.25, 0.3) is 0 Å². The second-order valence-corrected chi connectivity index (χ2v) is 9.76. The van der Waals surface area contributed by atoms with Crippen LogP contribution in [0, 0.1) is 5.92 Å². The predicted molar refractivity (Wildman–Crippen MR) is 109 cm³/mol. The minimum absolute atomic E-state index is 0.0119. The van der Waals surface area contributed by atoms with Crippen molar-refractivity contribution in [2.45, 2.75) is 49.7 Å². The molecule has 1 saturated heterocycles. The Balaban J connectivity index is 1.83. The zero-order valence-electron chi connectivity index (χ0n) is 17.0. The first-order chi connectivity index (χ1) is 14.5. The molecule has 0 aromatic carbocycles.